The van der Waals surface area contributed by atoms with E-state index in [2.05, 4.69) is 5.32 Å². The van der Waals surface area contributed by atoms with E-state index in [4.69, 9.17) is 5.26 Å². The Labute approximate surface area is 156 Å². The minimum Gasteiger partial charge on any atom is -0.340 e. The maximum absolute atomic E-state index is 13.2. The first-order chi connectivity index (χ1) is 12.7. The van der Waals surface area contributed by atoms with Crippen molar-refractivity contribution in [1.29, 1.82) is 5.26 Å². The summed E-state index contributed by atoms with van der Waals surface area (Å²) in [5, 5.41) is 11.4. The molecule has 1 aliphatic carbocycles. The van der Waals surface area contributed by atoms with Crippen molar-refractivity contribution >= 4 is 11.8 Å². The van der Waals surface area contributed by atoms with Crippen molar-refractivity contribution in [3.8, 4) is 6.19 Å². The van der Waals surface area contributed by atoms with Gasteiger partial charge in [-0.1, -0.05) is 44.2 Å². The molecule has 2 rings (SSSR count). The molecule has 1 fully saturated rings. The standard InChI is InChI=1S/C19H22F3N3O2/c1-25(12-23)18(27)16(11-13-7-3-2-4-8-13)24-17(26)14-9-5-6-10-15(14)19(20,21)22/h5-6,9-10,13,16H,2-4,7-8,11H2,1H3,(H,24,26). The number of likely N-dealkylation sites (N-methyl/N-ethyl adjacent to an activating group) is 1. The number of rotatable bonds is 5. The molecule has 0 aromatic heterocycles. The molecule has 0 radical (unpaired) electrons. The summed E-state index contributed by atoms with van der Waals surface area (Å²) in [6.45, 7) is 0. The molecule has 1 aromatic rings. The summed E-state index contributed by atoms with van der Waals surface area (Å²) in [5.41, 5.74) is -1.59. The number of nitriles is 1. The fourth-order valence-corrected chi connectivity index (χ4v) is 3.42. The van der Waals surface area contributed by atoms with Gasteiger partial charge in [0.1, 0.15) is 6.04 Å². The predicted molar refractivity (Wildman–Crippen MR) is 92.3 cm³/mol. The highest BCUT2D eigenvalue weighted by atomic mass is 19.4. The number of nitrogens with zero attached hydrogens (tertiary/aromatic N) is 2. The van der Waals surface area contributed by atoms with Crippen LogP contribution in [-0.4, -0.2) is 29.8 Å². The van der Waals surface area contributed by atoms with Crippen LogP contribution in [0, 0.1) is 17.4 Å². The minimum atomic E-state index is -4.68. The number of nitrogens with one attached hydrogen (secondary N) is 1. The van der Waals surface area contributed by atoms with E-state index >= 15 is 0 Å². The average Bonchev–Trinajstić information content (AvgIpc) is 2.66. The lowest BCUT2D eigenvalue weighted by Crippen LogP contribution is -2.47. The van der Waals surface area contributed by atoms with Gasteiger partial charge in [-0.05, 0) is 24.5 Å². The molecule has 0 spiro atoms. The molecular formula is C19H22F3N3O2. The maximum atomic E-state index is 13.2. The average molecular weight is 381 g/mol. The van der Waals surface area contributed by atoms with Gasteiger partial charge in [0, 0.05) is 7.05 Å². The molecule has 1 N–H and O–H groups in total. The number of carbonyl (C=O) groups excluding carboxylic acids is 2. The van der Waals surface area contributed by atoms with Crippen LogP contribution >= 0.6 is 0 Å². The third-order valence-electron chi connectivity index (χ3n) is 4.85. The summed E-state index contributed by atoms with van der Waals surface area (Å²) in [5.74, 6) is -1.40. The molecule has 1 unspecified atom stereocenters. The van der Waals surface area contributed by atoms with Gasteiger partial charge in [0.15, 0.2) is 6.19 Å². The number of alkyl halides is 3. The molecular weight excluding hydrogens is 359 g/mol. The van der Waals surface area contributed by atoms with Crippen LogP contribution in [0.2, 0.25) is 0 Å². The van der Waals surface area contributed by atoms with Crippen LogP contribution in [0.15, 0.2) is 24.3 Å². The van der Waals surface area contributed by atoms with Gasteiger partial charge < -0.3 is 5.32 Å². The second-order valence-corrected chi connectivity index (χ2v) is 6.81. The van der Waals surface area contributed by atoms with E-state index in [1.807, 2.05) is 0 Å². The molecule has 1 aliphatic rings. The molecule has 2 amide bonds. The zero-order valence-corrected chi connectivity index (χ0v) is 15.1. The first kappa shape index (κ1) is 20.7. The normalized spacial score (nSPS) is 16.3. The lowest BCUT2D eigenvalue weighted by molar-refractivity contribution is -0.137. The molecule has 1 aromatic carbocycles. The summed E-state index contributed by atoms with van der Waals surface area (Å²) >= 11 is 0. The van der Waals surface area contributed by atoms with E-state index in [1.165, 1.54) is 19.2 Å². The molecule has 1 saturated carbocycles. The number of amides is 2. The molecule has 1 atom stereocenters. The van der Waals surface area contributed by atoms with Gasteiger partial charge in [-0.25, -0.2) is 0 Å². The number of halogens is 3. The van der Waals surface area contributed by atoms with E-state index in [0.717, 1.165) is 49.1 Å². The van der Waals surface area contributed by atoms with Crippen molar-refractivity contribution in [2.24, 2.45) is 5.92 Å². The Morgan fingerprint density at radius 1 is 1.26 bits per heavy atom. The highest BCUT2D eigenvalue weighted by Crippen LogP contribution is 2.32. The quantitative estimate of drug-likeness (QED) is 0.624. The van der Waals surface area contributed by atoms with Gasteiger partial charge in [0.2, 0.25) is 0 Å². The Bertz CT molecular complexity index is 722. The van der Waals surface area contributed by atoms with E-state index in [0.29, 0.717) is 6.42 Å². The van der Waals surface area contributed by atoms with Gasteiger partial charge in [-0.15, -0.1) is 0 Å². The first-order valence-electron chi connectivity index (χ1n) is 8.88. The highest BCUT2D eigenvalue weighted by molar-refractivity contribution is 5.99. The van der Waals surface area contributed by atoms with Crippen molar-refractivity contribution in [3.63, 3.8) is 0 Å². The molecule has 0 saturated heterocycles. The molecule has 0 aliphatic heterocycles. The maximum Gasteiger partial charge on any atom is 0.417 e. The van der Waals surface area contributed by atoms with Crippen molar-refractivity contribution < 1.29 is 22.8 Å². The van der Waals surface area contributed by atoms with Crippen molar-refractivity contribution in [2.45, 2.75) is 50.7 Å². The molecule has 146 valence electrons. The first-order valence-corrected chi connectivity index (χ1v) is 8.88. The van der Waals surface area contributed by atoms with Crippen molar-refractivity contribution in [2.75, 3.05) is 7.05 Å². The van der Waals surface area contributed by atoms with E-state index in [-0.39, 0.29) is 5.92 Å². The van der Waals surface area contributed by atoms with E-state index in [9.17, 15) is 22.8 Å². The third kappa shape index (κ3) is 5.46. The number of hydrogen-bond donors (Lipinski definition) is 1. The fourth-order valence-electron chi connectivity index (χ4n) is 3.42. The van der Waals surface area contributed by atoms with Gasteiger partial charge in [-0.2, -0.15) is 18.4 Å². The van der Waals surface area contributed by atoms with E-state index in [1.54, 1.807) is 6.19 Å². The molecule has 5 nitrogen and oxygen atoms in total. The zero-order chi connectivity index (χ0) is 20.0. The molecule has 8 heteroatoms. The van der Waals surface area contributed by atoms with Gasteiger partial charge in [0.25, 0.3) is 11.8 Å². The van der Waals surface area contributed by atoms with Gasteiger partial charge in [-0.3, -0.25) is 14.5 Å². The SMILES string of the molecule is CN(C#N)C(=O)C(CC1CCCCC1)NC(=O)c1ccccc1C(F)(F)F. The lowest BCUT2D eigenvalue weighted by Gasteiger charge is -2.27. The van der Waals surface area contributed by atoms with Gasteiger partial charge in [0.05, 0.1) is 11.1 Å². The lowest BCUT2D eigenvalue weighted by atomic mass is 9.84. The summed E-state index contributed by atoms with van der Waals surface area (Å²) in [6, 6.07) is 3.41. The Kier molecular flexibility index (Phi) is 6.83. The van der Waals surface area contributed by atoms with Crippen LogP contribution in [0.1, 0.15) is 54.4 Å². The fraction of sp³-hybridized carbons (Fsp3) is 0.526. The van der Waals surface area contributed by atoms with Crippen LogP contribution in [0.3, 0.4) is 0 Å². The second kappa shape index (κ2) is 8.89. The monoisotopic (exact) mass is 381 g/mol. The summed E-state index contributed by atoms with van der Waals surface area (Å²) in [7, 11) is 1.27. The van der Waals surface area contributed by atoms with Crippen molar-refractivity contribution in [1.82, 2.24) is 10.2 Å². The smallest absolute Gasteiger partial charge is 0.340 e. The summed E-state index contributed by atoms with van der Waals surface area (Å²) < 4.78 is 39.5. The Balaban J connectivity index is 2.23. The van der Waals surface area contributed by atoms with Crippen LogP contribution in [0.5, 0.6) is 0 Å². The van der Waals surface area contributed by atoms with Gasteiger partial charge >= 0.3 is 6.18 Å². The topological polar surface area (TPSA) is 73.2 Å². The summed E-state index contributed by atoms with van der Waals surface area (Å²) in [6.07, 6.45) is 2.26. The second-order valence-electron chi connectivity index (χ2n) is 6.81. The number of carbonyl (C=O) groups is 2. The van der Waals surface area contributed by atoms with Crippen LogP contribution in [-0.2, 0) is 11.0 Å². The van der Waals surface area contributed by atoms with Crippen LogP contribution in [0.25, 0.3) is 0 Å². The molecule has 27 heavy (non-hydrogen) atoms. The Hall–Kier alpha value is -2.56. The highest BCUT2D eigenvalue weighted by Gasteiger charge is 2.36. The minimum absolute atomic E-state index is 0.193. The molecule has 0 bridgehead atoms. The number of benzene rings is 1. The number of hydrogen-bond acceptors (Lipinski definition) is 3. The Morgan fingerprint density at radius 2 is 1.89 bits per heavy atom. The largest absolute Gasteiger partial charge is 0.417 e. The zero-order valence-electron chi connectivity index (χ0n) is 15.1. The summed E-state index contributed by atoms with van der Waals surface area (Å²) in [4.78, 5) is 25.8. The Morgan fingerprint density at radius 3 is 2.48 bits per heavy atom. The van der Waals surface area contributed by atoms with Crippen LogP contribution < -0.4 is 5.32 Å². The van der Waals surface area contributed by atoms with Crippen LogP contribution in [0.4, 0.5) is 13.2 Å². The third-order valence-corrected chi connectivity index (χ3v) is 4.85. The van der Waals surface area contributed by atoms with E-state index < -0.39 is 35.2 Å². The predicted octanol–water partition coefficient (Wildman–Crippen LogP) is 3.71. The van der Waals surface area contributed by atoms with Crippen molar-refractivity contribution in [3.05, 3.63) is 35.4 Å². The molecule has 0 heterocycles.